The first-order valence-corrected chi connectivity index (χ1v) is 10.3. The SMILES string of the molecule is Cc1ccnc(Nc2cc(N3CCN(C(=O)COc4ccccc4C)CC3)ncn2)c1. The smallest absolute Gasteiger partial charge is 0.260 e. The molecular weight excluding hydrogens is 392 g/mol. The van der Waals surface area contributed by atoms with Crippen LogP contribution in [0.2, 0.25) is 0 Å². The van der Waals surface area contributed by atoms with Crippen LogP contribution < -0.4 is 15.0 Å². The Kier molecular flexibility index (Phi) is 6.26. The van der Waals surface area contributed by atoms with E-state index in [2.05, 4.69) is 25.2 Å². The molecule has 1 aliphatic rings. The minimum absolute atomic E-state index is 0.00142. The molecule has 31 heavy (non-hydrogen) atoms. The van der Waals surface area contributed by atoms with Crippen molar-refractivity contribution in [1.82, 2.24) is 19.9 Å². The standard InChI is InChI=1S/C23H26N6O2/c1-17-7-8-24-20(13-17)27-21-14-22(26-16-25-21)28-9-11-29(12-10-28)23(30)15-31-19-6-4-3-5-18(19)2/h3-8,13-14,16H,9-12,15H2,1-2H3,(H,24,25,26,27). The summed E-state index contributed by atoms with van der Waals surface area (Å²) in [7, 11) is 0. The van der Waals surface area contributed by atoms with Crippen molar-refractivity contribution in [3.63, 3.8) is 0 Å². The van der Waals surface area contributed by atoms with E-state index in [1.165, 1.54) is 0 Å². The van der Waals surface area contributed by atoms with Gasteiger partial charge in [-0.2, -0.15) is 0 Å². The number of ether oxygens (including phenoxy) is 1. The van der Waals surface area contributed by atoms with Crippen LogP contribution in [0.1, 0.15) is 11.1 Å². The number of piperazine rings is 1. The highest BCUT2D eigenvalue weighted by molar-refractivity contribution is 5.78. The monoisotopic (exact) mass is 418 g/mol. The van der Waals surface area contributed by atoms with Gasteiger partial charge >= 0.3 is 0 Å². The van der Waals surface area contributed by atoms with Gasteiger partial charge in [0.15, 0.2) is 6.61 Å². The number of nitrogens with zero attached hydrogens (tertiary/aromatic N) is 5. The van der Waals surface area contributed by atoms with Crippen LogP contribution in [-0.2, 0) is 4.79 Å². The Bertz CT molecular complexity index is 1050. The number of benzene rings is 1. The van der Waals surface area contributed by atoms with Gasteiger partial charge in [-0.05, 0) is 43.2 Å². The minimum Gasteiger partial charge on any atom is -0.484 e. The molecule has 2 aromatic heterocycles. The maximum Gasteiger partial charge on any atom is 0.260 e. The van der Waals surface area contributed by atoms with Crippen molar-refractivity contribution < 1.29 is 9.53 Å². The van der Waals surface area contributed by atoms with Gasteiger partial charge in [0.05, 0.1) is 0 Å². The third kappa shape index (κ3) is 5.28. The molecule has 1 aromatic carbocycles. The number of aryl methyl sites for hydroxylation is 2. The number of para-hydroxylation sites is 1. The molecule has 4 rings (SSSR count). The number of aromatic nitrogens is 3. The Morgan fingerprint density at radius 1 is 1.00 bits per heavy atom. The fourth-order valence-corrected chi connectivity index (χ4v) is 3.46. The summed E-state index contributed by atoms with van der Waals surface area (Å²) < 4.78 is 5.70. The average Bonchev–Trinajstić information content (AvgIpc) is 2.79. The molecule has 1 amide bonds. The fourth-order valence-electron chi connectivity index (χ4n) is 3.46. The zero-order valence-electron chi connectivity index (χ0n) is 17.8. The zero-order valence-corrected chi connectivity index (χ0v) is 17.8. The van der Waals surface area contributed by atoms with Gasteiger partial charge in [-0.3, -0.25) is 4.79 Å². The molecular formula is C23H26N6O2. The van der Waals surface area contributed by atoms with Crippen LogP contribution >= 0.6 is 0 Å². The first-order valence-electron chi connectivity index (χ1n) is 10.3. The van der Waals surface area contributed by atoms with Crippen molar-refractivity contribution in [2.75, 3.05) is 43.0 Å². The molecule has 1 fully saturated rings. The summed E-state index contributed by atoms with van der Waals surface area (Å²) in [6.45, 7) is 6.70. The van der Waals surface area contributed by atoms with Crippen molar-refractivity contribution in [2.24, 2.45) is 0 Å². The van der Waals surface area contributed by atoms with E-state index in [4.69, 9.17) is 4.74 Å². The molecule has 3 aromatic rings. The lowest BCUT2D eigenvalue weighted by molar-refractivity contribution is -0.133. The summed E-state index contributed by atoms with van der Waals surface area (Å²) in [5, 5.41) is 3.22. The molecule has 0 bridgehead atoms. The number of carbonyl (C=O) groups excluding carboxylic acids is 1. The highest BCUT2D eigenvalue weighted by Crippen LogP contribution is 2.20. The molecule has 8 heteroatoms. The first-order chi connectivity index (χ1) is 15.1. The van der Waals surface area contributed by atoms with Crippen LogP contribution in [-0.4, -0.2) is 58.5 Å². The van der Waals surface area contributed by atoms with E-state index in [0.717, 1.165) is 28.5 Å². The number of anilines is 3. The van der Waals surface area contributed by atoms with E-state index in [-0.39, 0.29) is 12.5 Å². The summed E-state index contributed by atoms with van der Waals surface area (Å²) >= 11 is 0. The van der Waals surface area contributed by atoms with Gasteiger partial charge in [-0.15, -0.1) is 0 Å². The van der Waals surface area contributed by atoms with E-state index >= 15 is 0 Å². The number of pyridine rings is 1. The average molecular weight is 419 g/mol. The van der Waals surface area contributed by atoms with Crippen LogP contribution in [0, 0.1) is 13.8 Å². The van der Waals surface area contributed by atoms with E-state index < -0.39 is 0 Å². The molecule has 1 aliphatic heterocycles. The number of rotatable bonds is 6. The van der Waals surface area contributed by atoms with Gasteiger partial charge in [0.2, 0.25) is 0 Å². The molecule has 0 unspecified atom stereocenters. The van der Waals surface area contributed by atoms with Crippen LogP contribution in [0.15, 0.2) is 55.0 Å². The molecule has 1 N–H and O–H groups in total. The van der Waals surface area contributed by atoms with E-state index in [1.807, 2.05) is 61.2 Å². The zero-order chi connectivity index (χ0) is 21.6. The second-order valence-corrected chi connectivity index (χ2v) is 7.53. The van der Waals surface area contributed by atoms with Gasteiger partial charge in [-0.25, -0.2) is 15.0 Å². The molecule has 3 heterocycles. The second kappa shape index (κ2) is 9.42. The Hall–Kier alpha value is -3.68. The predicted octanol–water partition coefficient (Wildman–Crippen LogP) is 2.96. The summed E-state index contributed by atoms with van der Waals surface area (Å²) in [6.07, 6.45) is 3.31. The van der Waals surface area contributed by atoms with E-state index in [1.54, 1.807) is 12.5 Å². The fraction of sp³-hybridized carbons (Fsp3) is 0.304. The summed E-state index contributed by atoms with van der Waals surface area (Å²) in [5.41, 5.74) is 2.15. The van der Waals surface area contributed by atoms with Crippen LogP contribution in [0.4, 0.5) is 17.5 Å². The third-order valence-electron chi connectivity index (χ3n) is 5.23. The second-order valence-electron chi connectivity index (χ2n) is 7.53. The Morgan fingerprint density at radius 2 is 1.77 bits per heavy atom. The topological polar surface area (TPSA) is 83.5 Å². The maximum absolute atomic E-state index is 12.6. The molecule has 0 radical (unpaired) electrons. The molecule has 0 saturated carbocycles. The first kappa shape index (κ1) is 20.6. The van der Waals surface area contributed by atoms with Crippen molar-refractivity contribution in [1.29, 1.82) is 0 Å². The molecule has 0 atom stereocenters. The molecule has 0 aliphatic carbocycles. The maximum atomic E-state index is 12.6. The van der Waals surface area contributed by atoms with Crippen molar-refractivity contribution in [3.8, 4) is 5.75 Å². The quantitative estimate of drug-likeness (QED) is 0.659. The van der Waals surface area contributed by atoms with Crippen LogP contribution in [0.25, 0.3) is 0 Å². The number of hydrogen-bond acceptors (Lipinski definition) is 7. The number of carbonyl (C=O) groups is 1. The van der Waals surface area contributed by atoms with Crippen molar-refractivity contribution in [3.05, 3.63) is 66.1 Å². The van der Waals surface area contributed by atoms with Crippen molar-refractivity contribution in [2.45, 2.75) is 13.8 Å². The summed E-state index contributed by atoms with van der Waals surface area (Å²) in [5.74, 6) is 3.01. The normalized spacial score (nSPS) is 13.7. The highest BCUT2D eigenvalue weighted by atomic mass is 16.5. The van der Waals surface area contributed by atoms with Crippen LogP contribution in [0.3, 0.4) is 0 Å². The summed E-state index contributed by atoms with van der Waals surface area (Å²) in [4.78, 5) is 29.6. The number of nitrogens with one attached hydrogen (secondary N) is 1. The largest absolute Gasteiger partial charge is 0.484 e. The Morgan fingerprint density at radius 3 is 2.55 bits per heavy atom. The lowest BCUT2D eigenvalue weighted by Gasteiger charge is -2.35. The molecule has 1 saturated heterocycles. The number of hydrogen-bond donors (Lipinski definition) is 1. The van der Waals surface area contributed by atoms with Crippen molar-refractivity contribution >= 4 is 23.4 Å². The highest BCUT2D eigenvalue weighted by Gasteiger charge is 2.22. The predicted molar refractivity (Wildman–Crippen MR) is 120 cm³/mol. The lowest BCUT2D eigenvalue weighted by Crippen LogP contribution is -2.50. The Labute approximate surface area is 181 Å². The van der Waals surface area contributed by atoms with Gasteiger partial charge in [0.25, 0.3) is 5.91 Å². The van der Waals surface area contributed by atoms with Gasteiger partial charge in [0.1, 0.15) is 29.5 Å². The van der Waals surface area contributed by atoms with Gasteiger partial charge in [0, 0.05) is 38.4 Å². The van der Waals surface area contributed by atoms with Gasteiger partial charge < -0.3 is 19.9 Å². The molecule has 8 nitrogen and oxygen atoms in total. The van der Waals surface area contributed by atoms with E-state index in [9.17, 15) is 4.79 Å². The minimum atomic E-state index is -0.00142. The molecule has 160 valence electrons. The van der Waals surface area contributed by atoms with E-state index in [0.29, 0.717) is 32.0 Å². The van der Waals surface area contributed by atoms with Crippen LogP contribution in [0.5, 0.6) is 5.75 Å². The summed E-state index contributed by atoms with van der Waals surface area (Å²) in [6, 6.07) is 13.5. The molecule has 0 spiro atoms. The third-order valence-corrected chi connectivity index (χ3v) is 5.23. The lowest BCUT2D eigenvalue weighted by atomic mass is 10.2. The number of amides is 1. The Balaban J connectivity index is 1.31. The van der Waals surface area contributed by atoms with Gasteiger partial charge in [-0.1, -0.05) is 18.2 Å².